The van der Waals surface area contributed by atoms with E-state index in [-0.39, 0.29) is 0 Å². The standard InChI is InChI=1S/C16H20N2O3/c1-12-4-2-6-14(8-12)19-11-15-9-16(18-21-15)20-10-13-5-3-7-17-13/h2,4,6,8-9,13,17H,3,5,7,10-11H2,1H3. The largest absolute Gasteiger partial charge is 0.486 e. The van der Waals surface area contributed by atoms with Gasteiger partial charge >= 0.3 is 0 Å². The zero-order chi connectivity index (χ0) is 14.5. The quantitative estimate of drug-likeness (QED) is 0.885. The molecule has 0 radical (unpaired) electrons. The van der Waals surface area contributed by atoms with Crippen LogP contribution >= 0.6 is 0 Å². The number of hydrogen-bond acceptors (Lipinski definition) is 5. The van der Waals surface area contributed by atoms with Crippen LogP contribution in [0.4, 0.5) is 0 Å². The highest BCUT2D eigenvalue weighted by Gasteiger charge is 2.15. The minimum absolute atomic E-state index is 0.349. The van der Waals surface area contributed by atoms with Gasteiger partial charge in [-0.1, -0.05) is 12.1 Å². The molecule has 1 aliphatic heterocycles. The van der Waals surface area contributed by atoms with Gasteiger partial charge in [-0.2, -0.15) is 0 Å². The molecule has 0 bridgehead atoms. The molecule has 1 aliphatic rings. The van der Waals surface area contributed by atoms with Crippen LogP contribution in [0.1, 0.15) is 24.2 Å². The third-order valence-corrected chi connectivity index (χ3v) is 3.50. The summed E-state index contributed by atoms with van der Waals surface area (Å²) in [5, 5.41) is 7.28. The molecule has 1 aromatic heterocycles. The SMILES string of the molecule is Cc1cccc(OCc2cc(OCC3CCCN3)no2)c1. The highest BCUT2D eigenvalue weighted by atomic mass is 16.5. The topological polar surface area (TPSA) is 56.5 Å². The third-order valence-electron chi connectivity index (χ3n) is 3.50. The van der Waals surface area contributed by atoms with Gasteiger partial charge in [-0.25, -0.2) is 0 Å². The monoisotopic (exact) mass is 288 g/mol. The van der Waals surface area contributed by atoms with Crippen LogP contribution in [-0.2, 0) is 6.61 Å². The Hall–Kier alpha value is -2.01. The van der Waals surface area contributed by atoms with E-state index in [4.69, 9.17) is 14.0 Å². The van der Waals surface area contributed by atoms with Crippen LogP contribution in [0.3, 0.4) is 0 Å². The Bertz CT molecular complexity index is 576. The summed E-state index contributed by atoms with van der Waals surface area (Å²) < 4.78 is 16.5. The normalized spacial score (nSPS) is 17.9. The Morgan fingerprint density at radius 2 is 2.29 bits per heavy atom. The molecule has 0 saturated carbocycles. The number of ether oxygens (including phenoxy) is 2. The molecule has 0 aliphatic carbocycles. The molecule has 2 heterocycles. The summed E-state index contributed by atoms with van der Waals surface area (Å²) in [6, 6.07) is 10.1. The second kappa shape index (κ2) is 6.63. The third kappa shape index (κ3) is 3.98. The average molecular weight is 288 g/mol. The van der Waals surface area contributed by atoms with Crippen LogP contribution in [0.25, 0.3) is 0 Å². The predicted octanol–water partition coefficient (Wildman–Crippen LogP) is 2.69. The summed E-state index contributed by atoms with van der Waals surface area (Å²) in [6.07, 6.45) is 2.36. The van der Waals surface area contributed by atoms with Crippen LogP contribution in [0.5, 0.6) is 11.6 Å². The van der Waals surface area contributed by atoms with Crippen molar-refractivity contribution >= 4 is 0 Å². The molecule has 0 spiro atoms. The van der Waals surface area contributed by atoms with Gasteiger partial charge in [0.1, 0.15) is 19.0 Å². The Kier molecular flexibility index (Phi) is 4.40. The van der Waals surface area contributed by atoms with E-state index in [1.165, 1.54) is 6.42 Å². The predicted molar refractivity (Wildman–Crippen MR) is 78.5 cm³/mol. The van der Waals surface area contributed by atoms with Gasteiger partial charge in [0.15, 0.2) is 5.76 Å². The maximum atomic E-state index is 5.66. The number of nitrogens with zero attached hydrogens (tertiary/aromatic N) is 1. The van der Waals surface area contributed by atoms with Crippen LogP contribution in [0.2, 0.25) is 0 Å². The first-order valence-electron chi connectivity index (χ1n) is 7.31. The first-order chi connectivity index (χ1) is 10.3. The number of aryl methyl sites for hydroxylation is 1. The van der Waals surface area contributed by atoms with Crippen molar-refractivity contribution in [3.63, 3.8) is 0 Å². The summed E-state index contributed by atoms with van der Waals surface area (Å²) >= 11 is 0. The summed E-state index contributed by atoms with van der Waals surface area (Å²) in [7, 11) is 0. The summed E-state index contributed by atoms with van der Waals surface area (Å²) in [5.74, 6) is 2.00. The summed E-state index contributed by atoms with van der Waals surface area (Å²) in [5.41, 5.74) is 1.16. The van der Waals surface area contributed by atoms with Gasteiger partial charge in [-0.05, 0) is 49.2 Å². The first-order valence-corrected chi connectivity index (χ1v) is 7.31. The lowest BCUT2D eigenvalue weighted by molar-refractivity contribution is 0.230. The van der Waals surface area contributed by atoms with Gasteiger partial charge in [0, 0.05) is 12.1 Å². The molecule has 1 N–H and O–H groups in total. The fraction of sp³-hybridized carbons (Fsp3) is 0.438. The van der Waals surface area contributed by atoms with Crippen molar-refractivity contribution in [1.29, 1.82) is 0 Å². The Balaban J connectivity index is 1.48. The molecule has 3 rings (SSSR count). The molecular weight excluding hydrogens is 268 g/mol. The number of aromatic nitrogens is 1. The van der Waals surface area contributed by atoms with Crippen molar-refractivity contribution in [3.8, 4) is 11.6 Å². The van der Waals surface area contributed by atoms with Crippen molar-refractivity contribution in [2.24, 2.45) is 0 Å². The minimum atomic E-state index is 0.349. The lowest BCUT2D eigenvalue weighted by atomic mass is 10.2. The van der Waals surface area contributed by atoms with Crippen LogP contribution < -0.4 is 14.8 Å². The zero-order valence-corrected chi connectivity index (χ0v) is 12.2. The van der Waals surface area contributed by atoms with E-state index >= 15 is 0 Å². The second-order valence-electron chi connectivity index (χ2n) is 5.34. The van der Waals surface area contributed by atoms with E-state index < -0.39 is 0 Å². The lowest BCUT2D eigenvalue weighted by Crippen LogP contribution is -2.28. The summed E-state index contributed by atoms with van der Waals surface area (Å²) in [4.78, 5) is 0. The van der Waals surface area contributed by atoms with E-state index in [0.29, 0.717) is 30.9 Å². The van der Waals surface area contributed by atoms with Gasteiger partial charge < -0.3 is 19.3 Å². The Morgan fingerprint density at radius 3 is 3.10 bits per heavy atom. The molecule has 1 saturated heterocycles. The molecule has 5 heteroatoms. The molecular formula is C16H20N2O3. The number of rotatable bonds is 6. The van der Waals surface area contributed by atoms with Crippen molar-refractivity contribution in [1.82, 2.24) is 10.5 Å². The van der Waals surface area contributed by atoms with Crippen LogP contribution in [-0.4, -0.2) is 24.4 Å². The maximum absolute atomic E-state index is 5.66. The molecule has 0 amide bonds. The van der Waals surface area contributed by atoms with Crippen LogP contribution in [0.15, 0.2) is 34.9 Å². The van der Waals surface area contributed by atoms with Crippen LogP contribution in [0, 0.1) is 6.92 Å². The molecule has 5 nitrogen and oxygen atoms in total. The van der Waals surface area contributed by atoms with E-state index in [0.717, 1.165) is 24.3 Å². The lowest BCUT2D eigenvalue weighted by Gasteiger charge is -2.08. The Labute approximate surface area is 124 Å². The van der Waals surface area contributed by atoms with Crippen molar-refractivity contribution in [2.75, 3.05) is 13.2 Å². The van der Waals surface area contributed by atoms with Gasteiger partial charge in [-0.15, -0.1) is 0 Å². The molecule has 1 aromatic carbocycles. The van der Waals surface area contributed by atoms with Gasteiger partial charge in [0.2, 0.25) is 0 Å². The fourth-order valence-corrected chi connectivity index (χ4v) is 2.37. The van der Waals surface area contributed by atoms with Crippen molar-refractivity contribution in [3.05, 3.63) is 41.7 Å². The van der Waals surface area contributed by atoms with E-state index in [1.54, 1.807) is 6.07 Å². The Morgan fingerprint density at radius 1 is 1.33 bits per heavy atom. The second-order valence-corrected chi connectivity index (χ2v) is 5.34. The number of benzene rings is 1. The highest BCUT2D eigenvalue weighted by molar-refractivity contribution is 5.27. The average Bonchev–Trinajstić information content (AvgIpc) is 3.15. The summed E-state index contributed by atoms with van der Waals surface area (Å²) in [6.45, 7) is 4.08. The molecule has 1 atom stereocenters. The first kappa shape index (κ1) is 13.9. The molecule has 112 valence electrons. The fourth-order valence-electron chi connectivity index (χ4n) is 2.37. The maximum Gasteiger partial charge on any atom is 0.254 e. The van der Waals surface area contributed by atoms with Gasteiger partial charge in [-0.3, -0.25) is 0 Å². The molecule has 1 unspecified atom stereocenters. The number of nitrogens with one attached hydrogen (secondary N) is 1. The van der Waals surface area contributed by atoms with E-state index in [9.17, 15) is 0 Å². The zero-order valence-electron chi connectivity index (χ0n) is 12.2. The van der Waals surface area contributed by atoms with E-state index in [1.807, 2.05) is 31.2 Å². The van der Waals surface area contributed by atoms with Gasteiger partial charge in [0.05, 0.1) is 0 Å². The number of hydrogen-bond donors (Lipinski definition) is 1. The van der Waals surface area contributed by atoms with Crippen molar-refractivity contribution in [2.45, 2.75) is 32.4 Å². The molecule has 1 fully saturated rings. The van der Waals surface area contributed by atoms with E-state index in [2.05, 4.69) is 10.5 Å². The highest BCUT2D eigenvalue weighted by Crippen LogP contribution is 2.17. The van der Waals surface area contributed by atoms with Gasteiger partial charge in [0.25, 0.3) is 5.88 Å². The minimum Gasteiger partial charge on any atom is -0.486 e. The van der Waals surface area contributed by atoms with Crippen molar-refractivity contribution < 1.29 is 14.0 Å². The molecule has 21 heavy (non-hydrogen) atoms. The smallest absolute Gasteiger partial charge is 0.254 e. The molecule has 2 aromatic rings.